The van der Waals surface area contributed by atoms with Crippen molar-refractivity contribution in [2.45, 2.75) is 16.4 Å². The molecule has 1 N–H and O–H groups in total. The topological polar surface area (TPSA) is 76.1 Å². The fraction of sp³-hybridized carbons (Fsp3) is 0.158. The molecule has 26 heavy (non-hydrogen) atoms. The SMILES string of the molecule is Cc1ccc([C@@H](CNC(=O)c2ccccn2)S(=O)(=O)c2cccs2)cc1. The van der Waals surface area contributed by atoms with Gasteiger partial charge in [0.2, 0.25) is 0 Å². The van der Waals surface area contributed by atoms with E-state index in [1.54, 1.807) is 47.8 Å². The van der Waals surface area contributed by atoms with Crippen molar-refractivity contribution >= 4 is 27.1 Å². The zero-order valence-corrected chi connectivity index (χ0v) is 15.8. The first-order valence-electron chi connectivity index (χ1n) is 8.01. The third-order valence-electron chi connectivity index (χ3n) is 3.94. The standard InChI is InChI=1S/C19H18N2O3S2/c1-14-7-9-15(10-8-14)17(26(23,24)18-6-4-12-25-18)13-21-19(22)16-5-2-3-11-20-16/h2-12,17H,13H2,1H3,(H,21,22)/t17-/m1/s1. The number of nitrogens with zero attached hydrogens (tertiary/aromatic N) is 1. The Hall–Kier alpha value is -2.51. The molecule has 1 amide bonds. The molecule has 0 spiro atoms. The fourth-order valence-corrected chi connectivity index (χ4v) is 5.39. The van der Waals surface area contributed by atoms with Crippen LogP contribution in [0.3, 0.4) is 0 Å². The number of carbonyl (C=O) groups excluding carboxylic acids is 1. The number of benzene rings is 1. The highest BCUT2D eigenvalue weighted by atomic mass is 32.2. The molecule has 0 saturated carbocycles. The summed E-state index contributed by atoms with van der Waals surface area (Å²) in [6.07, 6.45) is 1.52. The molecule has 2 heterocycles. The molecule has 0 saturated heterocycles. The minimum Gasteiger partial charge on any atom is -0.349 e. The molecule has 1 aromatic carbocycles. The van der Waals surface area contributed by atoms with Gasteiger partial charge in [0.25, 0.3) is 5.91 Å². The van der Waals surface area contributed by atoms with E-state index in [4.69, 9.17) is 0 Å². The Balaban J connectivity index is 1.89. The van der Waals surface area contributed by atoms with Gasteiger partial charge >= 0.3 is 0 Å². The third-order valence-corrected chi connectivity index (χ3v) is 7.48. The lowest BCUT2D eigenvalue weighted by Gasteiger charge is -2.18. The number of pyridine rings is 1. The van der Waals surface area contributed by atoms with Crippen molar-refractivity contribution in [2.24, 2.45) is 0 Å². The number of sulfone groups is 1. The van der Waals surface area contributed by atoms with E-state index in [0.717, 1.165) is 5.56 Å². The monoisotopic (exact) mass is 386 g/mol. The molecule has 0 bridgehead atoms. The highest BCUT2D eigenvalue weighted by Gasteiger charge is 2.30. The number of hydrogen-bond donors (Lipinski definition) is 1. The Labute approximate surface area is 156 Å². The van der Waals surface area contributed by atoms with E-state index in [-0.39, 0.29) is 16.4 Å². The van der Waals surface area contributed by atoms with Crippen molar-refractivity contribution in [2.75, 3.05) is 6.54 Å². The minimum absolute atomic E-state index is 0.0291. The van der Waals surface area contributed by atoms with Crippen LogP contribution in [0.5, 0.6) is 0 Å². The lowest BCUT2D eigenvalue weighted by molar-refractivity contribution is 0.0948. The normalized spacial score (nSPS) is 12.5. The maximum absolute atomic E-state index is 13.1. The summed E-state index contributed by atoms with van der Waals surface area (Å²) in [5.74, 6) is -0.399. The van der Waals surface area contributed by atoms with Gasteiger partial charge in [-0.25, -0.2) is 8.42 Å². The lowest BCUT2D eigenvalue weighted by atomic mass is 10.1. The summed E-state index contributed by atoms with van der Waals surface area (Å²) in [7, 11) is -3.62. The van der Waals surface area contributed by atoms with Crippen LogP contribution in [-0.2, 0) is 9.84 Å². The smallest absolute Gasteiger partial charge is 0.269 e. The number of hydrogen-bond acceptors (Lipinski definition) is 5. The van der Waals surface area contributed by atoms with Crippen molar-refractivity contribution in [1.29, 1.82) is 0 Å². The van der Waals surface area contributed by atoms with Crippen LogP contribution in [-0.4, -0.2) is 25.9 Å². The van der Waals surface area contributed by atoms with Gasteiger partial charge in [-0.15, -0.1) is 11.3 Å². The Bertz CT molecular complexity index is 967. The Morgan fingerprint density at radius 1 is 1.12 bits per heavy atom. The van der Waals surface area contributed by atoms with Crippen molar-refractivity contribution in [3.05, 3.63) is 83.0 Å². The van der Waals surface area contributed by atoms with Crippen molar-refractivity contribution in [3.63, 3.8) is 0 Å². The predicted molar refractivity (Wildman–Crippen MR) is 102 cm³/mol. The molecular formula is C19H18N2O3S2. The first-order chi connectivity index (χ1) is 12.5. The Kier molecular flexibility index (Phi) is 5.49. The molecule has 0 aliphatic carbocycles. The van der Waals surface area contributed by atoms with Gasteiger partial charge in [0.05, 0.1) is 0 Å². The van der Waals surface area contributed by atoms with E-state index >= 15 is 0 Å². The molecule has 5 nitrogen and oxygen atoms in total. The number of rotatable bonds is 6. The predicted octanol–water partition coefficient (Wildman–Crippen LogP) is 3.40. The molecule has 0 radical (unpaired) electrons. The van der Waals surface area contributed by atoms with Gasteiger partial charge in [-0.05, 0) is 36.1 Å². The summed E-state index contributed by atoms with van der Waals surface area (Å²) in [5, 5.41) is 3.57. The van der Waals surface area contributed by atoms with Gasteiger partial charge < -0.3 is 5.32 Å². The number of carbonyl (C=O) groups is 1. The van der Waals surface area contributed by atoms with Crippen molar-refractivity contribution in [1.82, 2.24) is 10.3 Å². The summed E-state index contributed by atoms with van der Waals surface area (Å²) in [6.45, 7) is 1.91. The zero-order chi connectivity index (χ0) is 18.6. The molecule has 0 unspecified atom stereocenters. The van der Waals surface area contributed by atoms with E-state index in [9.17, 15) is 13.2 Å². The summed E-state index contributed by atoms with van der Waals surface area (Å²) in [6, 6.07) is 15.6. The number of thiophene rings is 1. The number of aryl methyl sites for hydroxylation is 1. The van der Waals surface area contributed by atoms with Crippen LogP contribution in [0.2, 0.25) is 0 Å². The van der Waals surface area contributed by atoms with Crippen LogP contribution in [0, 0.1) is 6.92 Å². The van der Waals surface area contributed by atoms with E-state index in [1.807, 2.05) is 19.1 Å². The lowest BCUT2D eigenvalue weighted by Crippen LogP contribution is -2.32. The van der Waals surface area contributed by atoms with Gasteiger partial charge in [-0.1, -0.05) is 42.0 Å². The van der Waals surface area contributed by atoms with Crippen LogP contribution < -0.4 is 5.32 Å². The van der Waals surface area contributed by atoms with Crippen LogP contribution in [0.4, 0.5) is 0 Å². The Morgan fingerprint density at radius 3 is 2.50 bits per heavy atom. The average Bonchev–Trinajstić information content (AvgIpc) is 3.19. The van der Waals surface area contributed by atoms with Crippen LogP contribution in [0.15, 0.2) is 70.4 Å². The summed E-state index contributed by atoms with van der Waals surface area (Å²) in [5.41, 5.74) is 1.94. The number of nitrogens with one attached hydrogen (secondary N) is 1. The molecule has 3 aromatic rings. The highest BCUT2D eigenvalue weighted by Crippen LogP contribution is 2.31. The maximum Gasteiger partial charge on any atom is 0.269 e. The molecule has 3 rings (SSSR count). The largest absolute Gasteiger partial charge is 0.349 e. The molecular weight excluding hydrogens is 368 g/mol. The molecule has 0 fully saturated rings. The van der Waals surface area contributed by atoms with E-state index < -0.39 is 21.0 Å². The minimum atomic E-state index is -3.62. The average molecular weight is 386 g/mol. The summed E-state index contributed by atoms with van der Waals surface area (Å²) in [4.78, 5) is 16.3. The fourth-order valence-electron chi connectivity index (χ4n) is 2.53. The van der Waals surface area contributed by atoms with Crippen LogP contribution in [0.25, 0.3) is 0 Å². The summed E-state index contributed by atoms with van der Waals surface area (Å²) < 4.78 is 26.4. The number of amides is 1. The third kappa shape index (κ3) is 4.00. The number of aromatic nitrogens is 1. The highest BCUT2D eigenvalue weighted by molar-refractivity contribution is 7.93. The second-order valence-electron chi connectivity index (χ2n) is 5.80. The molecule has 2 aromatic heterocycles. The van der Waals surface area contributed by atoms with Gasteiger partial charge in [0.1, 0.15) is 15.2 Å². The van der Waals surface area contributed by atoms with Gasteiger partial charge in [0.15, 0.2) is 9.84 Å². The van der Waals surface area contributed by atoms with Gasteiger partial charge in [-0.3, -0.25) is 9.78 Å². The van der Waals surface area contributed by atoms with Crippen molar-refractivity contribution < 1.29 is 13.2 Å². The molecule has 7 heteroatoms. The van der Waals surface area contributed by atoms with E-state index in [1.165, 1.54) is 17.5 Å². The second kappa shape index (κ2) is 7.80. The second-order valence-corrected chi connectivity index (χ2v) is 9.11. The molecule has 1 atom stereocenters. The van der Waals surface area contributed by atoms with E-state index in [2.05, 4.69) is 10.3 Å². The maximum atomic E-state index is 13.1. The van der Waals surface area contributed by atoms with E-state index in [0.29, 0.717) is 5.56 Å². The first-order valence-corrected chi connectivity index (χ1v) is 10.4. The molecule has 134 valence electrons. The Morgan fingerprint density at radius 2 is 1.88 bits per heavy atom. The van der Waals surface area contributed by atoms with Gasteiger partial charge in [-0.2, -0.15) is 0 Å². The van der Waals surface area contributed by atoms with Crippen molar-refractivity contribution in [3.8, 4) is 0 Å². The quantitative estimate of drug-likeness (QED) is 0.704. The van der Waals surface area contributed by atoms with Crippen LogP contribution in [0.1, 0.15) is 26.9 Å². The zero-order valence-electron chi connectivity index (χ0n) is 14.1. The van der Waals surface area contributed by atoms with Crippen LogP contribution >= 0.6 is 11.3 Å². The summed E-state index contributed by atoms with van der Waals surface area (Å²) >= 11 is 1.17. The molecule has 0 aliphatic heterocycles. The molecule has 0 aliphatic rings. The first kappa shape index (κ1) is 18.3. The van der Waals surface area contributed by atoms with Gasteiger partial charge in [0, 0.05) is 12.7 Å².